The smallest absolute Gasteiger partial charge is 0.338 e. The maximum atomic E-state index is 12.2. The summed E-state index contributed by atoms with van der Waals surface area (Å²) in [5, 5.41) is 21.8. The third kappa shape index (κ3) is 2.95. The van der Waals surface area contributed by atoms with E-state index >= 15 is 0 Å². The second-order valence-corrected chi connectivity index (χ2v) is 5.43. The quantitative estimate of drug-likeness (QED) is 0.525. The topological polar surface area (TPSA) is 89.7 Å². The minimum absolute atomic E-state index is 0.00727. The Hall–Kier alpha value is -2.37. The van der Waals surface area contributed by atoms with Crippen molar-refractivity contribution in [3.05, 3.63) is 57.3 Å². The standard InChI is InChI=1S/C16H19NO5/c1-3-22-16(19)14-12(18)9-10(2)15(17(20)21)13(14)11-7-5-4-6-8-11/h4-8,10,13,15,18H,3,9H2,1-2H3/t10?,13-,15+/m1/s1. The fourth-order valence-corrected chi connectivity index (χ4v) is 3.02. The molecule has 0 aliphatic heterocycles. The average Bonchev–Trinajstić information content (AvgIpc) is 2.47. The first-order chi connectivity index (χ1) is 10.5. The van der Waals surface area contributed by atoms with Crippen LogP contribution in [0, 0.1) is 16.0 Å². The predicted molar refractivity (Wildman–Crippen MR) is 80.0 cm³/mol. The van der Waals surface area contributed by atoms with Crippen LogP contribution >= 0.6 is 0 Å². The van der Waals surface area contributed by atoms with Gasteiger partial charge in [0.15, 0.2) is 0 Å². The maximum Gasteiger partial charge on any atom is 0.338 e. The molecule has 0 radical (unpaired) electrons. The van der Waals surface area contributed by atoms with Crippen molar-refractivity contribution in [1.82, 2.24) is 0 Å². The summed E-state index contributed by atoms with van der Waals surface area (Å²) in [4.78, 5) is 23.4. The molecular formula is C16H19NO5. The van der Waals surface area contributed by atoms with Crippen LogP contribution in [0.1, 0.15) is 31.7 Å². The molecule has 3 atom stereocenters. The SMILES string of the molecule is CCOC(=O)C1=C(O)CC(C)[C@H]([N+](=O)[O-])[C@@H]1c1ccccc1. The summed E-state index contributed by atoms with van der Waals surface area (Å²) in [5.74, 6) is -1.98. The van der Waals surface area contributed by atoms with Gasteiger partial charge in [-0.3, -0.25) is 10.1 Å². The number of hydrogen-bond donors (Lipinski definition) is 1. The van der Waals surface area contributed by atoms with Gasteiger partial charge in [-0.1, -0.05) is 37.3 Å². The van der Waals surface area contributed by atoms with Crippen LogP contribution in [0.5, 0.6) is 0 Å². The highest BCUT2D eigenvalue weighted by Gasteiger charge is 2.47. The number of aliphatic hydroxyl groups is 1. The molecule has 1 N–H and O–H groups in total. The predicted octanol–water partition coefficient (Wildman–Crippen LogP) is 2.83. The van der Waals surface area contributed by atoms with E-state index < -0.39 is 17.9 Å². The summed E-state index contributed by atoms with van der Waals surface area (Å²) in [6.07, 6.45) is 0.100. The van der Waals surface area contributed by atoms with Gasteiger partial charge in [-0.25, -0.2) is 4.79 Å². The number of benzene rings is 1. The molecule has 6 nitrogen and oxygen atoms in total. The van der Waals surface area contributed by atoms with Crippen molar-refractivity contribution in [2.45, 2.75) is 32.2 Å². The molecule has 1 unspecified atom stereocenters. The molecule has 1 aliphatic rings. The number of carbonyl (C=O) groups is 1. The van der Waals surface area contributed by atoms with E-state index in [1.807, 2.05) is 0 Å². The van der Waals surface area contributed by atoms with E-state index in [9.17, 15) is 20.0 Å². The molecule has 6 heteroatoms. The van der Waals surface area contributed by atoms with Crippen LogP contribution in [0.4, 0.5) is 0 Å². The Bertz CT molecular complexity index is 596. The number of hydrogen-bond acceptors (Lipinski definition) is 5. The highest BCUT2D eigenvalue weighted by molar-refractivity contribution is 5.91. The van der Waals surface area contributed by atoms with Crippen LogP contribution in [-0.4, -0.2) is 28.6 Å². The number of rotatable bonds is 4. The molecule has 22 heavy (non-hydrogen) atoms. The van der Waals surface area contributed by atoms with Crippen molar-refractivity contribution in [1.29, 1.82) is 0 Å². The Morgan fingerprint density at radius 2 is 2.05 bits per heavy atom. The molecule has 1 aromatic rings. The summed E-state index contributed by atoms with van der Waals surface area (Å²) in [6, 6.07) is 7.79. The third-order valence-corrected chi connectivity index (χ3v) is 3.96. The molecule has 0 aromatic heterocycles. The van der Waals surface area contributed by atoms with Gasteiger partial charge in [-0.05, 0) is 12.5 Å². The zero-order chi connectivity index (χ0) is 16.3. The number of nitro groups is 1. The number of nitrogens with zero attached hydrogens (tertiary/aromatic N) is 1. The van der Waals surface area contributed by atoms with Crippen LogP contribution in [0.3, 0.4) is 0 Å². The lowest BCUT2D eigenvalue weighted by Gasteiger charge is -2.31. The van der Waals surface area contributed by atoms with Crippen molar-refractivity contribution in [2.75, 3.05) is 6.61 Å². The lowest BCUT2D eigenvalue weighted by atomic mass is 9.73. The highest BCUT2D eigenvalue weighted by Crippen LogP contribution is 2.41. The minimum Gasteiger partial charge on any atom is -0.512 e. The Labute approximate surface area is 128 Å². The van der Waals surface area contributed by atoms with Crippen molar-refractivity contribution < 1.29 is 19.6 Å². The molecule has 0 spiro atoms. The van der Waals surface area contributed by atoms with Crippen molar-refractivity contribution in [3.63, 3.8) is 0 Å². The van der Waals surface area contributed by atoms with Gasteiger partial charge in [0.1, 0.15) is 5.76 Å². The van der Waals surface area contributed by atoms with E-state index in [0.29, 0.717) is 5.56 Å². The number of allylic oxidation sites excluding steroid dienone is 1. The van der Waals surface area contributed by atoms with Gasteiger partial charge in [0.25, 0.3) is 0 Å². The molecule has 118 valence electrons. The van der Waals surface area contributed by atoms with Crippen LogP contribution in [0.25, 0.3) is 0 Å². The summed E-state index contributed by atoms with van der Waals surface area (Å²) >= 11 is 0. The van der Waals surface area contributed by atoms with Crippen molar-refractivity contribution >= 4 is 5.97 Å². The van der Waals surface area contributed by atoms with Crippen molar-refractivity contribution in [3.8, 4) is 0 Å². The van der Waals surface area contributed by atoms with E-state index in [2.05, 4.69) is 0 Å². The second kappa shape index (κ2) is 6.60. The van der Waals surface area contributed by atoms with E-state index in [-0.39, 0.29) is 35.2 Å². The van der Waals surface area contributed by atoms with Gasteiger partial charge in [-0.15, -0.1) is 0 Å². The van der Waals surface area contributed by atoms with Gasteiger partial charge in [0, 0.05) is 17.3 Å². The van der Waals surface area contributed by atoms with Crippen LogP contribution in [0.15, 0.2) is 41.7 Å². The Kier molecular flexibility index (Phi) is 4.80. The monoisotopic (exact) mass is 305 g/mol. The molecular weight excluding hydrogens is 286 g/mol. The van der Waals surface area contributed by atoms with Crippen molar-refractivity contribution in [2.24, 2.45) is 5.92 Å². The zero-order valence-electron chi connectivity index (χ0n) is 12.6. The first-order valence-electron chi connectivity index (χ1n) is 7.24. The van der Waals surface area contributed by atoms with E-state index in [1.165, 1.54) is 0 Å². The zero-order valence-corrected chi connectivity index (χ0v) is 12.6. The van der Waals surface area contributed by atoms with E-state index in [0.717, 1.165) is 0 Å². The number of esters is 1. The Morgan fingerprint density at radius 1 is 1.41 bits per heavy atom. The largest absolute Gasteiger partial charge is 0.512 e. The first-order valence-corrected chi connectivity index (χ1v) is 7.24. The summed E-state index contributed by atoms with van der Waals surface area (Å²) in [7, 11) is 0. The molecule has 0 saturated heterocycles. The molecule has 1 aromatic carbocycles. The lowest BCUT2D eigenvalue weighted by molar-refractivity contribution is -0.535. The van der Waals surface area contributed by atoms with Gasteiger partial charge in [0.05, 0.1) is 18.1 Å². The van der Waals surface area contributed by atoms with Crippen LogP contribution < -0.4 is 0 Å². The Morgan fingerprint density at radius 3 is 2.59 bits per heavy atom. The molecule has 0 fully saturated rings. The summed E-state index contributed by atoms with van der Waals surface area (Å²) in [5.41, 5.74) is 0.637. The third-order valence-electron chi connectivity index (χ3n) is 3.96. The lowest BCUT2D eigenvalue weighted by Crippen LogP contribution is -2.40. The average molecular weight is 305 g/mol. The fraction of sp³-hybridized carbons (Fsp3) is 0.438. The maximum absolute atomic E-state index is 12.2. The molecule has 0 heterocycles. The number of aliphatic hydroxyl groups excluding tert-OH is 1. The van der Waals surface area contributed by atoms with E-state index in [4.69, 9.17) is 4.74 Å². The molecule has 2 rings (SSSR count). The first kappa shape index (κ1) is 16.0. The summed E-state index contributed by atoms with van der Waals surface area (Å²) < 4.78 is 4.99. The van der Waals surface area contributed by atoms with E-state index in [1.54, 1.807) is 44.2 Å². The minimum atomic E-state index is -0.974. The van der Waals surface area contributed by atoms with Gasteiger partial charge in [0.2, 0.25) is 6.04 Å². The summed E-state index contributed by atoms with van der Waals surface area (Å²) in [6.45, 7) is 3.51. The van der Waals surface area contributed by atoms with Gasteiger partial charge < -0.3 is 9.84 Å². The molecule has 0 bridgehead atoms. The molecule has 0 saturated carbocycles. The molecule has 0 amide bonds. The Balaban J connectivity index is 2.57. The number of ether oxygens (including phenoxy) is 1. The highest BCUT2D eigenvalue weighted by atomic mass is 16.6. The van der Waals surface area contributed by atoms with Crippen LogP contribution in [-0.2, 0) is 9.53 Å². The van der Waals surface area contributed by atoms with Gasteiger partial charge in [-0.2, -0.15) is 0 Å². The van der Waals surface area contributed by atoms with Gasteiger partial charge >= 0.3 is 5.97 Å². The normalized spacial score (nSPS) is 24.9. The second-order valence-electron chi connectivity index (χ2n) is 5.43. The van der Waals surface area contributed by atoms with Crippen LogP contribution in [0.2, 0.25) is 0 Å². The number of carbonyl (C=O) groups excluding carboxylic acids is 1. The molecule has 1 aliphatic carbocycles. The fourth-order valence-electron chi connectivity index (χ4n) is 3.02.